The van der Waals surface area contributed by atoms with E-state index >= 15 is 0 Å². The second-order valence-corrected chi connectivity index (χ2v) is 6.33. The monoisotopic (exact) mass is 240 g/mol. The van der Waals surface area contributed by atoms with Gasteiger partial charge in [-0.25, -0.2) is 0 Å². The molecule has 16 heavy (non-hydrogen) atoms. The first-order valence-electron chi connectivity index (χ1n) is 6.47. The Balaban J connectivity index is 1.68. The van der Waals surface area contributed by atoms with Crippen LogP contribution in [0.25, 0.3) is 0 Å². The highest BCUT2D eigenvalue weighted by Crippen LogP contribution is 2.35. The number of hydrogen-bond donors (Lipinski definition) is 1. The lowest BCUT2D eigenvalue weighted by Gasteiger charge is -2.30. The third kappa shape index (κ3) is 2.09. The van der Waals surface area contributed by atoms with Crippen molar-refractivity contribution in [1.29, 1.82) is 0 Å². The van der Waals surface area contributed by atoms with E-state index in [0.29, 0.717) is 18.0 Å². The van der Waals surface area contributed by atoms with Gasteiger partial charge in [0.1, 0.15) is 0 Å². The molecule has 1 aliphatic carbocycles. The zero-order valence-corrected chi connectivity index (χ0v) is 10.5. The van der Waals surface area contributed by atoms with Crippen LogP contribution in [-0.2, 0) is 4.79 Å². The first-order chi connectivity index (χ1) is 7.86. The molecule has 3 fully saturated rings. The predicted octanol–water partition coefficient (Wildman–Crippen LogP) is 1.09. The molecule has 3 rings (SSSR count). The van der Waals surface area contributed by atoms with Crippen LogP contribution in [-0.4, -0.2) is 47.5 Å². The van der Waals surface area contributed by atoms with Crippen molar-refractivity contribution in [2.24, 2.45) is 5.92 Å². The van der Waals surface area contributed by atoms with Gasteiger partial charge in [-0.05, 0) is 38.0 Å². The summed E-state index contributed by atoms with van der Waals surface area (Å²) >= 11 is 2.01. The molecule has 0 spiro atoms. The van der Waals surface area contributed by atoms with E-state index in [2.05, 4.69) is 10.2 Å². The van der Waals surface area contributed by atoms with Crippen LogP contribution in [0.2, 0.25) is 0 Å². The second kappa shape index (κ2) is 4.57. The lowest BCUT2D eigenvalue weighted by atomic mass is 10.1. The van der Waals surface area contributed by atoms with Gasteiger partial charge >= 0.3 is 0 Å². The van der Waals surface area contributed by atoms with Gasteiger partial charge in [-0.3, -0.25) is 4.79 Å². The van der Waals surface area contributed by atoms with E-state index in [1.54, 1.807) is 0 Å². The van der Waals surface area contributed by atoms with Gasteiger partial charge in [0.25, 0.3) is 0 Å². The summed E-state index contributed by atoms with van der Waals surface area (Å²) in [6.07, 6.45) is 4.75. The third-order valence-electron chi connectivity index (χ3n) is 3.90. The normalized spacial score (nSPS) is 34.2. The molecule has 0 bridgehead atoms. The first-order valence-corrected chi connectivity index (χ1v) is 7.62. The van der Waals surface area contributed by atoms with Crippen molar-refractivity contribution in [2.75, 3.05) is 24.6 Å². The standard InChI is InChI=1S/C12H20N2OS/c15-12(9-3-5-13-7-9)14(10-1-2-10)11-4-6-16-8-11/h9-11,13H,1-8H2/t9-,11-/m0/s1. The van der Waals surface area contributed by atoms with Crippen molar-refractivity contribution >= 4 is 17.7 Å². The Bertz CT molecular complexity index is 268. The van der Waals surface area contributed by atoms with Gasteiger partial charge < -0.3 is 10.2 Å². The Labute approximate surface area is 101 Å². The number of nitrogens with zero attached hydrogens (tertiary/aromatic N) is 1. The van der Waals surface area contributed by atoms with Crippen LogP contribution in [0.5, 0.6) is 0 Å². The number of rotatable bonds is 3. The van der Waals surface area contributed by atoms with Crippen LogP contribution in [0.15, 0.2) is 0 Å². The fourth-order valence-electron chi connectivity index (χ4n) is 2.83. The Morgan fingerprint density at radius 2 is 2.06 bits per heavy atom. The van der Waals surface area contributed by atoms with Crippen molar-refractivity contribution in [3.63, 3.8) is 0 Å². The minimum absolute atomic E-state index is 0.270. The summed E-state index contributed by atoms with van der Waals surface area (Å²) < 4.78 is 0. The third-order valence-corrected chi connectivity index (χ3v) is 5.05. The Hall–Kier alpha value is -0.220. The maximum Gasteiger partial charge on any atom is 0.227 e. The molecule has 0 radical (unpaired) electrons. The predicted molar refractivity (Wildman–Crippen MR) is 66.6 cm³/mol. The molecule has 2 atom stereocenters. The van der Waals surface area contributed by atoms with Crippen LogP contribution < -0.4 is 5.32 Å². The van der Waals surface area contributed by atoms with Crippen LogP contribution in [0.3, 0.4) is 0 Å². The van der Waals surface area contributed by atoms with E-state index in [-0.39, 0.29) is 5.92 Å². The Morgan fingerprint density at radius 1 is 1.19 bits per heavy atom. The summed E-state index contributed by atoms with van der Waals surface area (Å²) in [4.78, 5) is 14.8. The molecule has 1 N–H and O–H groups in total. The topological polar surface area (TPSA) is 32.3 Å². The molecule has 2 heterocycles. The number of hydrogen-bond acceptors (Lipinski definition) is 3. The highest BCUT2D eigenvalue weighted by molar-refractivity contribution is 7.99. The van der Waals surface area contributed by atoms with Crippen molar-refractivity contribution in [1.82, 2.24) is 10.2 Å². The van der Waals surface area contributed by atoms with Gasteiger partial charge in [-0.15, -0.1) is 0 Å². The molecule has 90 valence electrons. The molecule has 0 aromatic carbocycles. The molecule has 4 heteroatoms. The van der Waals surface area contributed by atoms with Gasteiger partial charge in [0.15, 0.2) is 0 Å². The highest BCUT2D eigenvalue weighted by Gasteiger charge is 2.41. The number of amides is 1. The maximum atomic E-state index is 12.5. The van der Waals surface area contributed by atoms with Crippen LogP contribution in [0, 0.1) is 5.92 Å². The van der Waals surface area contributed by atoms with E-state index in [1.807, 2.05) is 11.8 Å². The van der Waals surface area contributed by atoms with E-state index in [0.717, 1.165) is 19.5 Å². The van der Waals surface area contributed by atoms with E-state index in [4.69, 9.17) is 0 Å². The van der Waals surface area contributed by atoms with Gasteiger partial charge in [0, 0.05) is 24.4 Å². The van der Waals surface area contributed by atoms with Gasteiger partial charge in [-0.2, -0.15) is 11.8 Å². The molecule has 2 aliphatic heterocycles. The minimum atomic E-state index is 0.270. The van der Waals surface area contributed by atoms with E-state index in [9.17, 15) is 4.79 Å². The van der Waals surface area contributed by atoms with Crippen molar-refractivity contribution < 1.29 is 4.79 Å². The SMILES string of the molecule is O=C([C@H]1CCNC1)N(C1CC1)[C@H]1CCSC1. The van der Waals surface area contributed by atoms with Crippen LogP contribution >= 0.6 is 11.8 Å². The zero-order chi connectivity index (χ0) is 11.0. The summed E-state index contributed by atoms with van der Waals surface area (Å²) in [6, 6.07) is 1.14. The molecular weight excluding hydrogens is 220 g/mol. The Kier molecular flexibility index (Phi) is 3.11. The average molecular weight is 240 g/mol. The van der Waals surface area contributed by atoms with Crippen molar-refractivity contribution in [2.45, 2.75) is 37.8 Å². The fraction of sp³-hybridized carbons (Fsp3) is 0.917. The number of carbonyl (C=O) groups excluding carboxylic acids is 1. The number of nitrogens with one attached hydrogen (secondary N) is 1. The summed E-state index contributed by atoms with van der Waals surface area (Å²) in [6.45, 7) is 1.93. The summed E-state index contributed by atoms with van der Waals surface area (Å²) in [5.74, 6) is 3.12. The van der Waals surface area contributed by atoms with Gasteiger partial charge in [0.05, 0.1) is 5.92 Å². The highest BCUT2D eigenvalue weighted by atomic mass is 32.2. The van der Waals surface area contributed by atoms with Crippen LogP contribution in [0.1, 0.15) is 25.7 Å². The van der Waals surface area contributed by atoms with E-state index < -0.39 is 0 Å². The summed E-state index contributed by atoms with van der Waals surface area (Å²) in [5.41, 5.74) is 0. The zero-order valence-electron chi connectivity index (χ0n) is 9.65. The minimum Gasteiger partial charge on any atom is -0.336 e. The van der Waals surface area contributed by atoms with Crippen molar-refractivity contribution in [3.8, 4) is 0 Å². The lowest BCUT2D eigenvalue weighted by Crippen LogP contribution is -2.45. The van der Waals surface area contributed by atoms with Gasteiger partial charge in [-0.1, -0.05) is 0 Å². The molecule has 1 saturated carbocycles. The summed E-state index contributed by atoms with van der Waals surface area (Å²) in [7, 11) is 0. The maximum absolute atomic E-state index is 12.5. The summed E-state index contributed by atoms with van der Waals surface area (Å²) in [5, 5.41) is 3.31. The molecule has 0 aromatic heterocycles. The Morgan fingerprint density at radius 3 is 2.62 bits per heavy atom. The molecule has 3 nitrogen and oxygen atoms in total. The van der Waals surface area contributed by atoms with Crippen LogP contribution in [0.4, 0.5) is 0 Å². The van der Waals surface area contributed by atoms with Gasteiger partial charge in [0.2, 0.25) is 5.91 Å². The molecule has 0 aromatic rings. The molecule has 2 saturated heterocycles. The lowest BCUT2D eigenvalue weighted by molar-refractivity contribution is -0.137. The molecule has 1 amide bonds. The van der Waals surface area contributed by atoms with E-state index in [1.165, 1.54) is 30.8 Å². The molecule has 0 unspecified atom stereocenters. The van der Waals surface area contributed by atoms with Crippen molar-refractivity contribution in [3.05, 3.63) is 0 Å². The molecular formula is C12H20N2OS. The average Bonchev–Trinajstić information content (AvgIpc) is 2.83. The quantitative estimate of drug-likeness (QED) is 0.801. The molecule has 3 aliphatic rings. The first kappa shape index (κ1) is 10.9. The fourth-order valence-corrected chi connectivity index (χ4v) is 4.03. The second-order valence-electron chi connectivity index (χ2n) is 5.18. The number of thioether (sulfide) groups is 1. The largest absolute Gasteiger partial charge is 0.336 e. The smallest absolute Gasteiger partial charge is 0.227 e. The number of carbonyl (C=O) groups is 1.